The highest BCUT2D eigenvalue weighted by Crippen LogP contribution is 2.47. The van der Waals surface area contributed by atoms with E-state index in [1.807, 2.05) is 0 Å². The van der Waals surface area contributed by atoms with Crippen molar-refractivity contribution in [3.05, 3.63) is 35.4 Å². The zero-order valence-electron chi connectivity index (χ0n) is 15.6. The van der Waals surface area contributed by atoms with E-state index >= 15 is 0 Å². The van der Waals surface area contributed by atoms with Crippen LogP contribution in [0.2, 0.25) is 0 Å². The largest absolute Gasteiger partial charge is 0.393 e. The lowest BCUT2D eigenvalue weighted by atomic mass is 10.00. The summed E-state index contributed by atoms with van der Waals surface area (Å²) in [7, 11) is 0. The maximum Gasteiger partial charge on any atom is 0.223 e. The molecule has 2 unspecified atom stereocenters. The number of aliphatic hydroxyl groups is 1. The average Bonchev–Trinajstić information content (AvgIpc) is 3.41. The van der Waals surface area contributed by atoms with Crippen molar-refractivity contribution in [1.82, 2.24) is 10.2 Å². The van der Waals surface area contributed by atoms with Crippen LogP contribution in [0.4, 0.5) is 0 Å². The minimum Gasteiger partial charge on any atom is -0.393 e. The molecule has 1 aromatic carbocycles. The van der Waals surface area contributed by atoms with E-state index < -0.39 is 0 Å². The Kier molecular flexibility index (Phi) is 6.13. The van der Waals surface area contributed by atoms with Crippen LogP contribution in [0.1, 0.15) is 62.5 Å². The third-order valence-corrected chi connectivity index (χ3v) is 5.67. The summed E-state index contributed by atoms with van der Waals surface area (Å²) in [6.07, 6.45) is 3.62. The van der Waals surface area contributed by atoms with E-state index in [0.717, 1.165) is 51.9 Å². The summed E-state index contributed by atoms with van der Waals surface area (Å²) in [6.45, 7) is 8.13. The molecule has 1 amide bonds. The summed E-state index contributed by atoms with van der Waals surface area (Å²) in [5.41, 5.74) is 2.66. The van der Waals surface area contributed by atoms with E-state index in [9.17, 15) is 9.90 Å². The average molecular weight is 344 g/mol. The molecule has 1 aromatic rings. The van der Waals surface area contributed by atoms with Gasteiger partial charge in [0, 0.05) is 25.6 Å². The number of hydrogen-bond donors (Lipinski definition) is 2. The Morgan fingerprint density at radius 3 is 2.56 bits per heavy atom. The topological polar surface area (TPSA) is 52.6 Å². The fourth-order valence-corrected chi connectivity index (χ4v) is 3.77. The predicted octanol–water partition coefficient (Wildman–Crippen LogP) is 2.88. The number of hydrogen-bond acceptors (Lipinski definition) is 3. The second-order valence-electron chi connectivity index (χ2n) is 7.99. The van der Waals surface area contributed by atoms with Gasteiger partial charge in [-0.3, -0.25) is 4.79 Å². The molecule has 3 rings (SSSR count). The first-order chi connectivity index (χ1) is 12.0. The predicted molar refractivity (Wildman–Crippen MR) is 101 cm³/mol. The molecule has 25 heavy (non-hydrogen) atoms. The Bertz CT molecular complexity index is 562. The number of nitrogens with zero attached hydrogens (tertiary/aromatic N) is 1. The zero-order valence-corrected chi connectivity index (χ0v) is 15.6. The van der Waals surface area contributed by atoms with Gasteiger partial charge < -0.3 is 15.3 Å². The number of piperidine rings is 1. The van der Waals surface area contributed by atoms with Crippen LogP contribution in [0.3, 0.4) is 0 Å². The number of carbonyl (C=O) groups is 1. The second-order valence-corrected chi connectivity index (χ2v) is 7.99. The van der Waals surface area contributed by atoms with Gasteiger partial charge in [-0.1, -0.05) is 38.1 Å². The van der Waals surface area contributed by atoms with Gasteiger partial charge in [0.25, 0.3) is 0 Å². The molecule has 4 heteroatoms. The standard InChI is InChI=1S/C21H32N2O2/c1-15(2)16-4-6-17(7-5-16)19-14-20(19)21(25)22-10-3-11-23-12-8-18(24)9-13-23/h4-7,15,18-20,24H,3,8-14H2,1-2H3,(H,22,25). The minimum absolute atomic E-state index is 0.114. The van der Waals surface area contributed by atoms with Gasteiger partial charge in [0.1, 0.15) is 0 Å². The lowest BCUT2D eigenvalue weighted by Gasteiger charge is -2.29. The van der Waals surface area contributed by atoms with Crippen molar-refractivity contribution in [3.63, 3.8) is 0 Å². The van der Waals surface area contributed by atoms with Gasteiger partial charge in [-0.15, -0.1) is 0 Å². The van der Waals surface area contributed by atoms with Crippen LogP contribution in [0.5, 0.6) is 0 Å². The van der Waals surface area contributed by atoms with Crippen molar-refractivity contribution in [3.8, 4) is 0 Å². The number of carbonyl (C=O) groups excluding carboxylic acids is 1. The maximum atomic E-state index is 12.3. The third-order valence-electron chi connectivity index (χ3n) is 5.67. The van der Waals surface area contributed by atoms with Crippen molar-refractivity contribution in [2.75, 3.05) is 26.2 Å². The van der Waals surface area contributed by atoms with Crippen molar-refractivity contribution in [2.24, 2.45) is 5.92 Å². The third kappa shape index (κ3) is 5.05. The summed E-state index contributed by atoms with van der Waals surface area (Å²) >= 11 is 0. The van der Waals surface area contributed by atoms with E-state index in [4.69, 9.17) is 0 Å². The van der Waals surface area contributed by atoms with Crippen molar-refractivity contribution < 1.29 is 9.90 Å². The molecule has 1 aliphatic carbocycles. The summed E-state index contributed by atoms with van der Waals surface area (Å²) in [5.74, 6) is 1.34. The number of nitrogens with one attached hydrogen (secondary N) is 1. The number of amides is 1. The van der Waals surface area contributed by atoms with Crippen LogP contribution in [-0.4, -0.2) is 48.2 Å². The highest BCUT2D eigenvalue weighted by atomic mass is 16.3. The first kappa shape index (κ1) is 18.4. The van der Waals surface area contributed by atoms with Crippen molar-refractivity contribution in [1.29, 1.82) is 0 Å². The smallest absolute Gasteiger partial charge is 0.223 e. The van der Waals surface area contributed by atoms with Gasteiger partial charge >= 0.3 is 0 Å². The summed E-state index contributed by atoms with van der Waals surface area (Å²) in [6, 6.07) is 8.78. The highest BCUT2D eigenvalue weighted by molar-refractivity contribution is 5.82. The molecule has 1 saturated carbocycles. The Labute approximate surface area is 151 Å². The molecule has 0 spiro atoms. The Morgan fingerprint density at radius 2 is 1.92 bits per heavy atom. The molecule has 1 aliphatic heterocycles. The lowest BCUT2D eigenvalue weighted by molar-refractivity contribution is -0.122. The van der Waals surface area contributed by atoms with Crippen LogP contribution < -0.4 is 5.32 Å². The number of benzene rings is 1. The number of rotatable bonds is 7. The first-order valence-corrected chi connectivity index (χ1v) is 9.82. The summed E-state index contributed by atoms with van der Waals surface area (Å²) in [4.78, 5) is 14.7. The minimum atomic E-state index is -0.114. The quantitative estimate of drug-likeness (QED) is 0.748. The molecule has 0 bridgehead atoms. The van der Waals surface area contributed by atoms with Crippen LogP contribution in [0.15, 0.2) is 24.3 Å². The van der Waals surface area contributed by atoms with Crippen molar-refractivity contribution >= 4 is 5.91 Å². The molecule has 1 heterocycles. The van der Waals surface area contributed by atoms with Gasteiger partial charge in [-0.2, -0.15) is 0 Å². The monoisotopic (exact) mass is 344 g/mol. The molecule has 2 atom stereocenters. The van der Waals surface area contributed by atoms with Crippen LogP contribution in [0.25, 0.3) is 0 Å². The van der Waals surface area contributed by atoms with E-state index in [0.29, 0.717) is 11.8 Å². The molecular weight excluding hydrogens is 312 g/mol. The molecule has 0 radical (unpaired) electrons. The van der Waals surface area contributed by atoms with Gasteiger partial charge in [-0.05, 0) is 55.2 Å². The van der Waals surface area contributed by atoms with Gasteiger partial charge in [0.05, 0.1) is 6.10 Å². The highest BCUT2D eigenvalue weighted by Gasteiger charge is 2.43. The molecule has 2 N–H and O–H groups in total. The fraction of sp³-hybridized carbons (Fsp3) is 0.667. The number of likely N-dealkylation sites (tertiary alicyclic amines) is 1. The van der Waals surface area contributed by atoms with Gasteiger partial charge in [-0.25, -0.2) is 0 Å². The maximum absolute atomic E-state index is 12.3. The van der Waals surface area contributed by atoms with Crippen LogP contribution in [0, 0.1) is 5.92 Å². The van der Waals surface area contributed by atoms with E-state index in [2.05, 4.69) is 48.3 Å². The molecule has 138 valence electrons. The summed E-state index contributed by atoms with van der Waals surface area (Å²) < 4.78 is 0. The molecule has 0 aromatic heterocycles. The SMILES string of the molecule is CC(C)c1ccc(C2CC2C(=O)NCCCN2CCC(O)CC2)cc1. The molecular formula is C21H32N2O2. The Hall–Kier alpha value is -1.39. The van der Waals surface area contributed by atoms with E-state index in [1.165, 1.54) is 11.1 Å². The summed E-state index contributed by atoms with van der Waals surface area (Å²) in [5, 5.41) is 12.6. The number of aliphatic hydroxyl groups excluding tert-OH is 1. The molecule has 2 fully saturated rings. The van der Waals surface area contributed by atoms with Crippen LogP contribution >= 0.6 is 0 Å². The van der Waals surface area contributed by atoms with E-state index in [1.54, 1.807) is 0 Å². The zero-order chi connectivity index (χ0) is 17.8. The van der Waals surface area contributed by atoms with E-state index in [-0.39, 0.29) is 17.9 Å². The van der Waals surface area contributed by atoms with Gasteiger partial charge in [0.15, 0.2) is 0 Å². The Morgan fingerprint density at radius 1 is 1.24 bits per heavy atom. The normalized spacial score (nSPS) is 24.5. The fourth-order valence-electron chi connectivity index (χ4n) is 3.77. The second kappa shape index (κ2) is 8.33. The van der Waals surface area contributed by atoms with Crippen LogP contribution in [-0.2, 0) is 4.79 Å². The Balaban J connectivity index is 1.34. The molecule has 2 aliphatic rings. The first-order valence-electron chi connectivity index (χ1n) is 9.82. The molecule has 4 nitrogen and oxygen atoms in total. The van der Waals surface area contributed by atoms with Gasteiger partial charge in [0.2, 0.25) is 5.91 Å². The van der Waals surface area contributed by atoms with Crippen molar-refractivity contribution in [2.45, 2.75) is 57.5 Å². The molecule has 1 saturated heterocycles. The lowest BCUT2D eigenvalue weighted by Crippen LogP contribution is -2.37.